The second-order valence-corrected chi connectivity index (χ2v) is 40.4. The number of aromatic nitrogens is 10. The van der Waals surface area contributed by atoms with Gasteiger partial charge in [-0.3, -0.25) is 24.9 Å². The molecule has 5 radical (unpaired) electrons. The van der Waals surface area contributed by atoms with Crippen molar-refractivity contribution in [2.24, 2.45) is 0 Å². The Hall–Kier alpha value is -11.0. The fourth-order valence-electron chi connectivity index (χ4n) is 19.5. The van der Waals surface area contributed by atoms with Crippen molar-refractivity contribution in [3.63, 3.8) is 0 Å². The third-order valence-corrected chi connectivity index (χ3v) is 27.1. The number of hydrogen-bond acceptors (Lipinski definition) is 5. The van der Waals surface area contributed by atoms with Crippen molar-refractivity contribution in [2.45, 2.75) is 187 Å². The average molecular weight is 2840 g/mol. The number of imidazole rings is 5. The molecular formula is C116H96F13Ir5N10-5. The quantitative estimate of drug-likeness (QED) is 0.0973. The van der Waals surface area contributed by atoms with Crippen LogP contribution in [0.25, 0.3) is 159 Å². The maximum absolute atomic E-state index is 15.6. The van der Waals surface area contributed by atoms with Crippen LogP contribution in [0.5, 0.6) is 0 Å². The fraction of sp³-hybridized carbons (Fsp3) is 0.250. The maximum Gasteiger partial charge on any atom is 0.395 e. The van der Waals surface area contributed by atoms with Crippen LogP contribution in [0.1, 0.15) is 185 Å². The van der Waals surface area contributed by atoms with Gasteiger partial charge in [-0.2, -0.15) is 26.3 Å². The molecule has 0 spiro atoms. The maximum atomic E-state index is 15.6. The predicted molar refractivity (Wildman–Crippen MR) is 530 cm³/mol. The molecule has 1 aliphatic rings. The molecular weight excluding hydrogens is 2740 g/mol. The number of alkyl halides is 8. The zero-order valence-electron chi connectivity index (χ0n) is 80.7. The molecule has 10 aromatic heterocycles. The molecule has 1 saturated carbocycles. The summed E-state index contributed by atoms with van der Waals surface area (Å²) in [4.78, 5) is 22.3. The summed E-state index contributed by atoms with van der Waals surface area (Å²) < 4.78 is 191. The van der Waals surface area contributed by atoms with Crippen molar-refractivity contribution < 1.29 is 158 Å². The number of hydrogen-bond donors (Lipinski definition) is 0. The number of benzene rings is 12. The van der Waals surface area contributed by atoms with Crippen molar-refractivity contribution in [2.75, 3.05) is 0 Å². The molecule has 28 heteroatoms. The van der Waals surface area contributed by atoms with E-state index in [2.05, 4.69) is 156 Å². The van der Waals surface area contributed by atoms with E-state index in [1.165, 1.54) is 55.6 Å². The van der Waals surface area contributed by atoms with Gasteiger partial charge in [-0.15, -0.1) is 130 Å². The molecule has 2 atom stereocenters. The number of fused-ring (bicyclic) bond motifs is 30. The molecule has 1 aliphatic carbocycles. The van der Waals surface area contributed by atoms with Crippen LogP contribution in [0, 0.1) is 66.3 Å². The monoisotopic (exact) mass is 2840 g/mol. The molecule has 751 valence electrons. The van der Waals surface area contributed by atoms with Crippen LogP contribution >= 0.6 is 0 Å². The average Bonchev–Trinajstić information content (AvgIpc) is 1.16. The number of rotatable bonds is 5. The first-order valence-corrected chi connectivity index (χ1v) is 46.1. The summed E-state index contributed by atoms with van der Waals surface area (Å²) >= 11 is 0. The van der Waals surface area contributed by atoms with Gasteiger partial charge in [0.2, 0.25) is 5.92 Å². The van der Waals surface area contributed by atoms with E-state index in [0.29, 0.717) is 57.2 Å². The smallest absolute Gasteiger partial charge is 0.340 e. The van der Waals surface area contributed by atoms with Crippen LogP contribution in [-0.4, -0.2) is 65.2 Å². The molecule has 10 nitrogen and oxygen atoms in total. The normalized spacial score (nSPS) is 13.7. The molecule has 12 aromatic carbocycles. The summed E-state index contributed by atoms with van der Waals surface area (Å²) in [5.74, 6) is -8.15. The fourth-order valence-corrected chi connectivity index (χ4v) is 19.5. The van der Waals surface area contributed by atoms with E-state index in [9.17, 15) is 43.9 Å². The van der Waals surface area contributed by atoms with Crippen molar-refractivity contribution >= 4 is 137 Å². The summed E-state index contributed by atoms with van der Waals surface area (Å²) in [7, 11) is 0. The Labute approximate surface area is 890 Å². The van der Waals surface area contributed by atoms with Crippen LogP contribution in [0.15, 0.2) is 244 Å². The van der Waals surface area contributed by atoms with Gasteiger partial charge in [0.1, 0.15) is 23.3 Å². The Kier molecular flexibility index (Phi) is 31.0. The molecule has 0 N–H and O–H groups in total. The minimum Gasteiger partial charge on any atom is -0.340 e. The number of nitrogens with zero attached hydrogens (tertiary/aromatic N) is 10. The summed E-state index contributed by atoms with van der Waals surface area (Å²) in [5, 5.41) is 12.7. The van der Waals surface area contributed by atoms with Gasteiger partial charge in [0, 0.05) is 208 Å². The van der Waals surface area contributed by atoms with Crippen molar-refractivity contribution in [1.29, 1.82) is 0 Å². The number of aryl methyl sites for hydroxylation is 1. The van der Waals surface area contributed by atoms with Gasteiger partial charge in [0.15, 0.2) is 0 Å². The van der Waals surface area contributed by atoms with Crippen molar-refractivity contribution in [1.82, 2.24) is 46.9 Å². The van der Waals surface area contributed by atoms with Gasteiger partial charge in [-0.1, -0.05) is 187 Å². The Morgan fingerprint density at radius 3 is 1.33 bits per heavy atom. The van der Waals surface area contributed by atoms with E-state index < -0.39 is 70.0 Å². The molecule has 0 saturated heterocycles. The number of pyridine rings is 5. The van der Waals surface area contributed by atoms with Crippen molar-refractivity contribution in [3.05, 3.63) is 348 Å². The second-order valence-electron chi connectivity index (χ2n) is 40.4. The van der Waals surface area contributed by atoms with Crippen LogP contribution < -0.4 is 0 Å². The van der Waals surface area contributed by atoms with E-state index in [1.54, 1.807) is 65.7 Å². The molecule has 2 unspecified atom stereocenters. The zero-order valence-corrected chi connectivity index (χ0v) is 92.7. The topological polar surface area (TPSA) is 86.5 Å². The van der Waals surface area contributed by atoms with E-state index in [4.69, 9.17) is 0 Å². The Balaban J connectivity index is 0.000000142. The summed E-state index contributed by atoms with van der Waals surface area (Å²) in [6.07, 6.45) is 8.20. The summed E-state index contributed by atoms with van der Waals surface area (Å²) in [5.41, 5.74) is 13.5. The second kappa shape index (κ2) is 41.0. The molecule has 0 amide bonds. The minimum atomic E-state index is -4.37. The zero-order chi connectivity index (χ0) is 98.6. The molecule has 22 aromatic rings. The largest absolute Gasteiger partial charge is 0.395 e. The summed E-state index contributed by atoms with van der Waals surface area (Å²) in [6, 6.07) is 72.5. The SMILES string of the molecule is CC(C)(C)c1cc(-c2cc(F)c(C(C)(C)C)c(F)c2)c2c(c1)c1ccc[c-]c1c1nccn12.CC(c1ccc2c(c1)c1c(F)c(C(C)(C)C)c[c-]c1c1nccn21)C(F)(F)F.CC(c1ccc2c(c1)c1cc(C(C)(C)C)c[c-]c1c1nccn21)C(F)(F)F.Cc1ccc2c(c1)c1ccc[c-]c1c1ncc(-c3c(F)cccc3F)n21.FC1(F)CCC(c2ccc3c(c2)c2ccc[c-]c2c2nccn32)CC1.[Ir].[Ir].[Ir].[Ir].[Ir]. The molecule has 23 rings (SSSR count). The molecule has 0 bridgehead atoms. The van der Waals surface area contributed by atoms with Gasteiger partial charge in [-0.25, -0.2) is 30.7 Å². The predicted octanol–water partition coefficient (Wildman–Crippen LogP) is 32.3. The summed E-state index contributed by atoms with van der Waals surface area (Å²) in [6.45, 7) is 28.2. The molecule has 1 fully saturated rings. The first-order chi connectivity index (χ1) is 65.8. The van der Waals surface area contributed by atoms with E-state index >= 15 is 13.2 Å². The van der Waals surface area contributed by atoms with Gasteiger partial charge < -0.3 is 22.0 Å². The Morgan fingerprint density at radius 1 is 0.389 bits per heavy atom. The molecule has 0 aliphatic heterocycles. The molecule has 144 heavy (non-hydrogen) atoms. The Morgan fingerprint density at radius 2 is 0.826 bits per heavy atom. The van der Waals surface area contributed by atoms with Gasteiger partial charge in [0.25, 0.3) is 0 Å². The first kappa shape index (κ1) is 109. The van der Waals surface area contributed by atoms with Crippen molar-refractivity contribution in [3.8, 4) is 22.4 Å². The van der Waals surface area contributed by atoms with Gasteiger partial charge in [-0.05, 0) is 171 Å². The third-order valence-electron chi connectivity index (χ3n) is 27.1. The van der Waals surface area contributed by atoms with Gasteiger partial charge in [0.05, 0.1) is 57.1 Å². The minimum absolute atomic E-state index is 0. The Bertz CT molecular complexity index is 8640. The van der Waals surface area contributed by atoms with Crippen LogP contribution in [0.4, 0.5) is 57.1 Å². The third kappa shape index (κ3) is 20.2. The standard InChI is InChI=1S/C29H27F2N2.C22H19F4N2.C22H20F3N2.C22H13F2N2.C21H17F2N2.5Ir/c1-28(2,3)18-15-21(17-13-23(30)25(24(31)14-17)29(4,5)6)26-22(16-18)19-9-7-8-10-20(19)27-32-11-12-33(26)27;1-12(22(24,25)26)13-5-8-17-15(11-13)18-14(20-27-9-10-28(17)20)6-7-16(19(18)23)21(2,3)4;1-13(22(23,24)25)14-5-8-19-18(11-14)17-12-15(21(2,3)4)6-7-16(17)20-26-9-10-27(19)20;1-13-9-10-19-16(11-13)14-5-2-3-6-15(14)22-25-12-20(26(19)22)21-17(23)7-4-8-18(21)24;22-21(23)9-7-14(8-10-21)15-5-6-19-18(13-15)16-3-1-2-4-17(16)20-24-11-12-25(19)20;;;;;/h7-9,11-16H,1-6H3;5,7-12H,1-4H3;5-6,8-13H,1-4H3;2-5,7-12H,1H3;1-3,5-6,11-14H,7-10H2;;;;;/q5*-1;;;;;. The van der Waals surface area contributed by atoms with E-state index in [1.807, 2.05) is 141 Å². The van der Waals surface area contributed by atoms with E-state index in [-0.39, 0.29) is 158 Å². The number of halogens is 13. The van der Waals surface area contributed by atoms with E-state index in [0.717, 1.165) is 138 Å². The van der Waals surface area contributed by atoms with Crippen LogP contribution in [0.2, 0.25) is 0 Å². The van der Waals surface area contributed by atoms with Gasteiger partial charge >= 0.3 is 12.4 Å². The first-order valence-electron chi connectivity index (χ1n) is 46.1. The van der Waals surface area contributed by atoms with Crippen LogP contribution in [0.3, 0.4) is 0 Å². The molecule has 10 heterocycles. The van der Waals surface area contributed by atoms with Crippen LogP contribution in [-0.2, 0) is 122 Å².